The van der Waals surface area contributed by atoms with Crippen LogP contribution in [0, 0.1) is 0 Å². The number of hydrogen-bond acceptors (Lipinski definition) is 2. The normalized spacial score (nSPS) is 9.69. The molecule has 1 aromatic heterocycles. The van der Waals surface area contributed by atoms with Crippen LogP contribution < -0.4 is 0 Å². The number of pyridine rings is 1. The SMILES string of the molecule is CCN(Cc1ccncc1)C(C)=O. The Bertz CT molecular complexity index is 272. The van der Waals surface area contributed by atoms with Crippen LogP contribution in [0.15, 0.2) is 24.5 Å². The number of rotatable bonds is 3. The van der Waals surface area contributed by atoms with Gasteiger partial charge in [-0.1, -0.05) is 0 Å². The molecule has 0 saturated carbocycles. The summed E-state index contributed by atoms with van der Waals surface area (Å²) < 4.78 is 0. The highest BCUT2D eigenvalue weighted by atomic mass is 16.2. The summed E-state index contributed by atoms with van der Waals surface area (Å²) in [5.74, 6) is 0.110. The summed E-state index contributed by atoms with van der Waals surface area (Å²) in [4.78, 5) is 16.8. The average molecular weight is 178 g/mol. The molecule has 0 aliphatic heterocycles. The molecule has 70 valence electrons. The number of amides is 1. The number of nitrogens with zero attached hydrogens (tertiary/aromatic N) is 2. The zero-order valence-corrected chi connectivity index (χ0v) is 8.03. The van der Waals surface area contributed by atoms with Gasteiger partial charge in [0.05, 0.1) is 0 Å². The third-order valence-electron chi connectivity index (χ3n) is 1.95. The molecule has 0 aliphatic rings. The first kappa shape index (κ1) is 9.71. The van der Waals surface area contributed by atoms with Crippen molar-refractivity contribution in [3.63, 3.8) is 0 Å². The Kier molecular flexibility index (Phi) is 3.43. The Morgan fingerprint density at radius 2 is 2.08 bits per heavy atom. The lowest BCUT2D eigenvalue weighted by molar-refractivity contribution is -0.129. The second-order valence-electron chi connectivity index (χ2n) is 2.89. The second kappa shape index (κ2) is 4.60. The number of carbonyl (C=O) groups is 1. The standard InChI is InChI=1S/C10H14N2O/c1-3-12(9(2)13)8-10-4-6-11-7-5-10/h4-7H,3,8H2,1-2H3. The van der Waals surface area contributed by atoms with Gasteiger partial charge in [-0.2, -0.15) is 0 Å². The van der Waals surface area contributed by atoms with E-state index in [0.29, 0.717) is 6.54 Å². The third kappa shape index (κ3) is 2.86. The van der Waals surface area contributed by atoms with Gasteiger partial charge in [0, 0.05) is 32.4 Å². The molecule has 0 bridgehead atoms. The van der Waals surface area contributed by atoms with Gasteiger partial charge < -0.3 is 4.90 Å². The lowest BCUT2D eigenvalue weighted by Crippen LogP contribution is -2.27. The van der Waals surface area contributed by atoms with E-state index < -0.39 is 0 Å². The maximum atomic E-state index is 11.1. The quantitative estimate of drug-likeness (QED) is 0.701. The van der Waals surface area contributed by atoms with Gasteiger partial charge in [0.2, 0.25) is 5.91 Å². The molecule has 1 amide bonds. The summed E-state index contributed by atoms with van der Waals surface area (Å²) in [5, 5.41) is 0. The van der Waals surface area contributed by atoms with Crippen LogP contribution in [0.1, 0.15) is 19.4 Å². The maximum absolute atomic E-state index is 11.1. The molecule has 1 aromatic rings. The molecule has 0 saturated heterocycles. The predicted molar refractivity (Wildman–Crippen MR) is 51.0 cm³/mol. The summed E-state index contributed by atoms with van der Waals surface area (Å²) in [6.45, 7) is 4.99. The first-order valence-corrected chi connectivity index (χ1v) is 4.38. The molecule has 1 heterocycles. The molecule has 3 heteroatoms. The van der Waals surface area contributed by atoms with E-state index in [4.69, 9.17) is 0 Å². The minimum Gasteiger partial charge on any atom is -0.339 e. The van der Waals surface area contributed by atoms with Gasteiger partial charge in [-0.15, -0.1) is 0 Å². The van der Waals surface area contributed by atoms with Gasteiger partial charge in [0.15, 0.2) is 0 Å². The Morgan fingerprint density at radius 3 is 2.54 bits per heavy atom. The van der Waals surface area contributed by atoms with Crippen molar-refractivity contribution in [3.8, 4) is 0 Å². The molecule has 0 aromatic carbocycles. The van der Waals surface area contributed by atoms with Crippen LogP contribution in [-0.2, 0) is 11.3 Å². The zero-order valence-electron chi connectivity index (χ0n) is 8.03. The molecule has 0 fully saturated rings. The molecular formula is C10H14N2O. The van der Waals surface area contributed by atoms with Crippen molar-refractivity contribution in [1.82, 2.24) is 9.88 Å². The van der Waals surface area contributed by atoms with Crippen molar-refractivity contribution in [2.24, 2.45) is 0 Å². The van der Waals surface area contributed by atoms with Crippen molar-refractivity contribution >= 4 is 5.91 Å². The largest absolute Gasteiger partial charge is 0.339 e. The molecule has 13 heavy (non-hydrogen) atoms. The van der Waals surface area contributed by atoms with Crippen LogP contribution in [-0.4, -0.2) is 22.3 Å². The van der Waals surface area contributed by atoms with Gasteiger partial charge >= 0.3 is 0 Å². The van der Waals surface area contributed by atoms with E-state index in [1.165, 1.54) is 0 Å². The monoisotopic (exact) mass is 178 g/mol. The summed E-state index contributed by atoms with van der Waals surface area (Å²) in [6, 6.07) is 3.84. The van der Waals surface area contributed by atoms with Crippen LogP contribution in [0.3, 0.4) is 0 Å². The van der Waals surface area contributed by atoms with E-state index in [-0.39, 0.29) is 5.91 Å². The van der Waals surface area contributed by atoms with E-state index in [0.717, 1.165) is 12.1 Å². The highest BCUT2D eigenvalue weighted by molar-refractivity contribution is 5.73. The highest BCUT2D eigenvalue weighted by Gasteiger charge is 2.05. The van der Waals surface area contributed by atoms with Crippen LogP contribution in [0.2, 0.25) is 0 Å². The van der Waals surface area contributed by atoms with E-state index in [1.54, 1.807) is 24.2 Å². The zero-order chi connectivity index (χ0) is 9.68. The summed E-state index contributed by atoms with van der Waals surface area (Å²) >= 11 is 0. The lowest BCUT2D eigenvalue weighted by atomic mass is 10.2. The molecule has 0 unspecified atom stereocenters. The van der Waals surface area contributed by atoms with Crippen molar-refractivity contribution < 1.29 is 4.79 Å². The molecule has 1 rings (SSSR count). The molecule has 0 N–H and O–H groups in total. The maximum Gasteiger partial charge on any atom is 0.219 e. The van der Waals surface area contributed by atoms with E-state index >= 15 is 0 Å². The van der Waals surface area contributed by atoms with E-state index in [2.05, 4.69) is 4.98 Å². The topological polar surface area (TPSA) is 33.2 Å². The Morgan fingerprint density at radius 1 is 1.46 bits per heavy atom. The van der Waals surface area contributed by atoms with Crippen molar-refractivity contribution in [2.45, 2.75) is 20.4 Å². The fraction of sp³-hybridized carbons (Fsp3) is 0.400. The van der Waals surface area contributed by atoms with Crippen LogP contribution in [0.25, 0.3) is 0 Å². The number of hydrogen-bond donors (Lipinski definition) is 0. The molecule has 0 radical (unpaired) electrons. The van der Waals surface area contributed by atoms with Crippen molar-refractivity contribution in [2.75, 3.05) is 6.54 Å². The lowest BCUT2D eigenvalue weighted by Gasteiger charge is -2.18. The minimum atomic E-state index is 0.110. The van der Waals surface area contributed by atoms with Gasteiger partial charge in [-0.3, -0.25) is 9.78 Å². The molecule has 0 atom stereocenters. The smallest absolute Gasteiger partial charge is 0.219 e. The van der Waals surface area contributed by atoms with Crippen LogP contribution in [0.5, 0.6) is 0 Å². The first-order chi connectivity index (χ1) is 6.24. The van der Waals surface area contributed by atoms with Gasteiger partial charge in [-0.05, 0) is 24.6 Å². The third-order valence-corrected chi connectivity index (χ3v) is 1.95. The Hall–Kier alpha value is -1.38. The summed E-state index contributed by atoms with van der Waals surface area (Å²) in [5.41, 5.74) is 1.12. The predicted octanol–water partition coefficient (Wildman–Crippen LogP) is 1.45. The highest BCUT2D eigenvalue weighted by Crippen LogP contribution is 2.02. The Labute approximate surface area is 78.4 Å². The molecule has 0 spiro atoms. The Balaban J connectivity index is 2.62. The van der Waals surface area contributed by atoms with E-state index in [1.807, 2.05) is 19.1 Å². The number of aromatic nitrogens is 1. The van der Waals surface area contributed by atoms with Gasteiger partial charge in [0.25, 0.3) is 0 Å². The number of carbonyl (C=O) groups excluding carboxylic acids is 1. The first-order valence-electron chi connectivity index (χ1n) is 4.38. The second-order valence-corrected chi connectivity index (χ2v) is 2.89. The van der Waals surface area contributed by atoms with Crippen molar-refractivity contribution in [3.05, 3.63) is 30.1 Å². The molecular weight excluding hydrogens is 164 g/mol. The average Bonchev–Trinajstić information content (AvgIpc) is 2.15. The molecule has 0 aliphatic carbocycles. The van der Waals surface area contributed by atoms with Gasteiger partial charge in [0.1, 0.15) is 0 Å². The summed E-state index contributed by atoms with van der Waals surface area (Å²) in [7, 11) is 0. The van der Waals surface area contributed by atoms with Crippen LogP contribution >= 0.6 is 0 Å². The minimum absolute atomic E-state index is 0.110. The summed E-state index contributed by atoms with van der Waals surface area (Å²) in [6.07, 6.45) is 3.48. The van der Waals surface area contributed by atoms with E-state index in [9.17, 15) is 4.79 Å². The van der Waals surface area contributed by atoms with Crippen molar-refractivity contribution in [1.29, 1.82) is 0 Å². The molecule has 3 nitrogen and oxygen atoms in total. The van der Waals surface area contributed by atoms with Gasteiger partial charge in [-0.25, -0.2) is 0 Å². The fourth-order valence-electron chi connectivity index (χ4n) is 1.15. The fourth-order valence-corrected chi connectivity index (χ4v) is 1.15. The van der Waals surface area contributed by atoms with Crippen LogP contribution in [0.4, 0.5) is 0 Å².